The number of carboxylic acid groups (broad SMARTS) is 1. The molecular weight excluding hydrogens is 306 g/mol. The third kappa shape index (κ3) is 4.05. The van der Waals surface area contributed by atoms with Gasteiger partial charge in [0.05, 0.1) is 0 Å². The number of nitrogens with one attached hydrogen (secondary N) is 1. The van der Waals surface area contributed by atoms with Gasteiger partial charge in [-0.3, -0.25) is 4.79 Å². The molecule has 0 unspecified atom stereocenters. The number of halogens is 1. The van der Waals surface area contributed by atoms with Crippen molar-refractivity contribution >= 4 is 21.9 Å². The van der Waals surface area contributed by atoms with Crippen LogP contribution in [0.25, 0.3) is 0 Å². The molecule has 1 rings (SSSR count). The topological polar surface area (TPSA) is 49.3 Å². The molecule has 0 spiro atoms. The van der Waals surface area contributed by atoms with E-state index in [-0.39, 0.29) is 5.41 Å². The number of carbonyl (C=O) groups is 1. The second-order valence-electron chi connectivity index (χ2n) is 6.13. The molecule has 1 aromatic carbocycles. The number of aliphatic carboxylic acids is 1. The molecule has 19 heavy (non-hydrogen) atoms. The van der Waals surface area contributed by atoms with Crippen LogP contribution in [0.1, 0.15) is 38.8 Å². The van der Waals surface area contributed by atoms with Gasteiger partial charge in [-0.1, -0.05) is 35.8 Å². The number of benzene rings is 1. The fourth-order valence-electron chi connectivity index (χ4n) is 1.94. The van der Waals surface area contributed by atoms with Crippen LogP contribution in [0.3, 0.4) is 0 Å². The minimum Gasteiger partial charge on any atom is -0.480 e. The van der Waals surface area contributed by atoms with E-state index in [0.717, 1.165) is 4.47 Å². The first-order chi connectivity index (χ1) is 8.56. The summed E-state index contributed by atoms with van der Waals surface area (Å²) in [7, 11) is 0. The van der Waals surface area contributed by atoms with Crippen LogP contribution in [-0.4, -0.2) is 23.2 Å². The Kier molecular flexibility index (Phi) is 4.80. The lowest BCUT2D eigenvalue weighted by Gasteiger charge is -2.32. The first-order valence-corrected chi connectivity index (χ1v) is 7.10. The van der Waals surface area contributed by atoms with Gasteiger partial charge in [0.15, 0.2) is 0 Å². The Bertz CT molecular complexity index is 481. The van der Waals surface area contributed by atoms with Gasteiger partial charge in [0.1, 0.15) is 5.54 Å². The molecule has 0 radical (unpaired) electrons. The minimum atomic E-state index is -0.919. The van der Waals surface area contributed by atoms with Crippen molar-refractivity contribution in [1.29, 1.82) is 0 Å². The van der Waals surface area contributed by atoms with Crippen LogP contribution >= 0.6 is 15.9 Å². The summed E-state index contributed by atoms with van der Waals surface area (Å²) in [6.45, 7) is 10.3. The van der Waals surface area contributed by atoms with Crippen LogP contribution < -0.4 is 5.32 Å². The van der Waals surface area contributed by atoms with Crippen LogP contribution in [-0.2, 0) is 10.2 Å². The zero-order valence-corrected chi connectivity index (χ0v) is 13.8. The van der Waals surface area contributed by atoms with Gasteiger partial charge < -0.3 is 10.4 Å². The molecule has 0 amide bonds. The van der Waals surface area contributed by atoms with Crippen molar-refractivity contribution in [3.05, 3.63) is 33.8 Å². The molecule has 0 saturated carbocycles. The zero-order valence-electron chi connectivity index (χ0n) is 12.2. The largest absolute Gasteiger partial charge is 0.480 e. The lowest BCUT2D eigenvalue weighted by molar-refractivity contribution is -0.143. The molecule has 0 fully saturated rings. The minimum absolute atomic E-state index is 0.138. The zero-order chi connectivity index (χ0) is 14.8. The van der Waals surface area contributed by atoms with Gasteiger partial charge in [0, 0.05) is 16.4 Å². The number of rotatable bonds is 5. The number of aryl methyl sites for hydroxylation is 1. The van der Waals surface area contributed by atoms with Crippen LogP contribution in [0.4, 0.5) is 0 Å². The van der Waals surface area contributed by atoms with E-state index in [4.69, 9.17) is 5.11 Å². The quantitative estimate of drug-likeness (QED) is 0.870. The Labute approximate surface area is 123 Å². The van der Waals surface area contributed by atoms with E-state index in [1.807, 2.05) is 6.07 Å². The van der Waals surface area contributed by atoms with Gasteiger partial charge in [0.2, 0.25) is 0 Å². The van der Waals surface area contributed by atoms with Gasteiger partial charge in [-0.2, -0.15) is 0 Å². The Morgan fingerprint density at radius 2 is 1.89 bits per heavy atom. The van der Waals surface area contributed by atoms with Crippen molar-refractivity contribution in [2.24, 2.45) is 0 Å². The van der Waals surface area contributed by atoms with Gasteiger partial charge >= 0.3 is 5.97 Å². The summed E-state index contributed by atoms with van der Waals surface area (Å²) in [4.78, 5) is 11.1. The third-order valence-corrected chi connectivity index (χ3v) is 3.93. The lowest BCUT2D eigenvalue weighted by Crippen LogP contribution is -2.51. The van der Waals surface area contributed by atoms with Crippen molar-refractivity contribution in [3.8, 4) is 0 Å². The summed E-state index contributed by atoms with van der Waals surface area (Å²) in [6, 6.07) is 6.19. The molecule has 0 aliphatic rings. The Balaban J connectivity index is 2.92. The van der Waals surface area contributed by atoms with E-state index in [1.54, 1.807) is 13.8 Å². The maximum absolute atomic E-state index is 11.1. The predicted molar refractivity (Wildman–Crippen MR) is 81.6 cm³/mol. The molecule has 0 aliphatic carbocycles. The highest BCUT2D eigenvalue weighted by atomic mass is 79.9. The molecular formula is C15H22BrNO2. The number of carboxylic acids is 1. The van der Waals surface area contributed by atoms with E-state index in [9.17, 15) is 4.79 Å². The van der Waals surface area contributed by atoms with E-state index in [2.05, 4.69) is 54.2 Å². The standard InChI is InChI=1S/C15H22BrNO2/c1-10-6-7-11(16)8-12(10)14(2,3)9-17-15(4,5)13(18)19/h6-8,17H,9H2,1-5H3,(H,18,19). The summed E-state index contributed by atoms with van der Waals surface area (Å²) < 4.78 is 1.04. The van der Waals surface area contributed by atoms with E-state index < -0.39 is 11.5 Å². The Morgan fingerprint density at radius 3 is 2.42 bits per heavy atom. The maximum Gasteiger partial charge on any atom is 0.323 e. The molecule has 3 nitrogen and oxygen atoms in total. The number of hydrogen-bond acceptors (Lipinski definition) is 2. The molecule has 0 aromatic heterocycles. The summed E-state index contributed by atoms with van der Waals surface area (Å²) in [5, 5.41) is 12.3. The normalized spacial score (nSPS) is 12.5. The summed E-state index contributed by atoms with van der Waals surface area (Å²) >= 11 is 3.49. The first-order valence-electron chi connectivity index (χ1n) is 6.31. The van der Waals surface area contributed by atoms with Gasteiger partial charge in [-0.15, -0.1) is 0 Å². The molecule has 0 saturated heterocycles. The smallest absolute Gasteiger partial charge is 0.323 e. The Hall–Kier alpha value is -0.870. The SMILES string of the molecule is Cc1ccc(Br)cc1C(C)(C)CNC(C)(C)C(=O)O. The molecule has 0 bridgehead atoms. The molecule has 106 valence electrons. The highest BCUT2D eigenvalue weighted by Crippen LogP contribution is 2.29. The first kappa shape index (κ1) is 16.2. The lowest BCUT2D eigenvalue weighted by atomic mass is 9.81. The fourth-order valence-corrected chi connectivity index (χ4v) is 2.30. The van der Waals surface area contributed by atoms with Gasteiger partial charge in [-0.25, -0.2) is 0 Å². The monoisotopic (exact) mass is 327 g/mol. The average molecular weight is 328 g/mol. The maximum atomic E-state index is 11.1. The van der Waals surface area contributed by atoms with Crippen LogP contribution in [0, 0.1) is 6.92 Å². The molecule has 0 aliphatic heterocycles. The molecule has 2 N–H and O–H groups in total. The van der Waals surface area contributed by atoms with Crippen LogP contribution in [0.15, 0.2) is 22.7 Å². The molecule has 0 atom stereocenters. The highest BCUT2D eigenvalue weighted by Gasteiger charge is 2.30. The predicted octanol–water partition coefficient (Wildman–Crippen LogP) is 3.49. The summed E-state index contributed by atoms with van der Waals surface area (Å²) in [5.74, 6) is -0.839. The van der Waals surface area contributed by atoms with Crippen LogP contribution in [0.5, 0.6) is 0 Å². The van der Waals surface area contributed by atoms with Crippen molar-refractivity contribution in [2.75, 3.05) is 6.54 Å². The van der Waals surface area contributed by atoms with Crippen LogP contribution in [0.2, 0.25) is 0 Å². The van der Waals surface area contributed by atoms with Gasteiger partial charge in [-0.05, 0) is 44.0 Å². The van der Waals surface area contributed by atoms with Crippen molar-refractivity contribution in [1.82, 2.24) is 5.32 Å². The van der Waals surface area contributed by atoms with E-state index >= 15 is 0 Å². The van der Waals surface area contributed by atoms with Crippen molar-refractivity contribution < 1.29 is 9.90 Å². The second kappa shape index (κ2) is 5.63. The second-order valence-corrected chi connectivity index (χ2v) is 7.04. The summed E-state index contributed by atoms with van der Waals surface area (Å²) in [5.41, 5.74) is 1.37. The van der Waals surface area contributed by atoms with Crippen molar-refractivity contribution in [3.63, 3.8) is 0 Å². The number of hydrogen-bond donors (Lipinski definition) is 2. The third-order valence-electron chi connectivity index (χ3n) is 3.44. The highest BCUT2D eigenvalue weighted by molar-refractivity contribution is 9.10. The van der Waals surface area contributed by atoms with E-state index in [0.29, 0.717) is 6.54 Å². The average Bonchev–Trinajstić information content (AvgIpc) is 2.30. The van der Waals surface area contributed by atoms with E-state index in [1.165, 1.54) is 11.1 Å². The van der Waals surface area contributed by atoms with Gasteiger partial charge in [0.25, 0.3) is 0 Å². The summed E-state index contributed by atoms with van der Waals surface area (Å²) in [6.07, 6.45) is 0. The molecule has 1 aromatic rings. The molecule has 0 heterocycles. The Morgan fingerprint density at radius 1 is 1.32 bits per heavy atom. The van der Waals surface area contributed by atoms with Crippen molar-refractivity contribution in [2.45, 2.75) is 45.6 Å². The molecule has 4 heteroatoms. The fraction of sp³-hybridized carbons (Fsp3) is 0.533.